The van der Waals surface area contributed by atoms with E-state index < -0.39 is 12.1 Å². The maximum absolute atomic E-state index is 12.9. The van der Waals surface area contributed by atoms with E-state index >= 15 is 0 Å². The zero-order valence-electron chi connectivity index (χ0n) is 17.0. The number of aryl methyl sites for hydroxylation is 1. The van der Waals surface area contributed by atoms with Crippen molar-refractivity contribution in [2.75, 3.05) is 0 Å². The van der Waals surface area contributed by atoms with Crippen LogP contribution in [-0.4, -0.2) is 26.9 Å². The molecule has 0 bridgehead atoms. The van der Waals surface area contributed by atoms with Gasteiger partial charge in [-0.25, -0.2) is 4.79 Å². The van der Waals surface area contributed by atoms with Gasteiger partial charge in [-0.1, -0.05) is 53.2 Å². The number of benzene rings is 2. The van der Waals surface area contributed by atoms with Gasteiger partial charge in [-0.2, -0.15) is 4.98 Å². The zero-order chi connectivity index (χ0) is 21.8. The zero-order valence-corrected chi connectivity index (χ0v) is 17.0. The maximum atomic E-state index is 12.9. The van der Waals surface area contributed by atoms with Crippen LogP contribution in [0.4, 0.5) is 0 Å². The minimum absolute atomic E-state index is 0.148. The monoisotopic (exact) mass is 413 g/mol. The van der Waals surface area contributed by atoms with Gasteiger partial charge in [0.25, 0.3) is 5.89 Å². The third-order valence-electron chi connectivity index (χ3n) is 4.70. The molecular weight excluding hydrogens is 394 g/mol. The molecule has 0 aliphatic heterocycles. The van der Waals surface area contributed by atoms with Crippen LogP contribution in [0.5, 0.6) is 0 Å². The lowest BCUT2D eigenvalue weighted by atomic mass is 9.98. The number of aromatic nitrogens is 3. The summed E-state index contributed by atoms with van der Waals surface area (Å²) in [6, 6.07) is 17.3. The van der Waals surface area contributed by atoms with Gasteiger partial charge in [0, 0.05) is 29.1 Å². The number of hydrogen-bond acceptors (Lipinski definition) is 7. The Kier molecular flexibility index (Phi) is 5.66. The summed E-state index contributed by atoms with van der Waals surface area (Å²) in [5.41, 5.74) is 2.67. The van der Waals surface area contributed by atoms with Crippen LogP contribution in [0.2, 0.25) is 0 Å². The minimum atomic E-state index is -0.798. The molecule has 4 rings (SSSR count). The molecule has 0 aliphatic rings. The highest BCUT2D eigenvalue weighted by molar-refractivity contribution is 6.14. The number of hydrogen-bond donors (Lipinski definition) is 0. The summed E-state index contributed by atoms with van der Waals surface area (Å²) >= 11 is 0. The SMILES string of the molecule is Cc1ccc(C(=O)c2ccccc2C(=O)OC(C)c2nc(-c3cccnc3)no2)cc1. The molecule has 0 N–H and O–H groups in total. The Balaban J connectivity index is 1.53. The molecule has 2 heterocycles. The number of carbonyl (C=O) groups is 2. The summed E-state index contributed by atoms with van der Waals surface area (Å²) in [5.74, 6) is -0.406. The Morgan fingerprint density at radius 2 is 1.71 bits per heavy atom. The number of ketones is 1. The smallest absolute Gasteiger partial charge is 0.339 e. The molecular formula is C24H19N3O4. The summed E-state index contributed by atoms with van der Waals surface area (Å²) in [6.45, 7) is 3.57. The molecule has 0 radical (unpaired) electrons. The van der Waals surface area contributed by atoms with Gasteiger partial charge in [0.15, 0.2) is 11.9 Å². The number of carbonyl (C=O) groups excluding carboxylic acids is 2. The lowest BCUT2D eigenvalue weighted by molar-refractivity contribution is 0.0263. The van der Waals surface area contributed by atoms with Crippen LogP contribution in [0, 0.1) is 6.92 Å². The fraction of sp³-hybridized carbons (Fsp3) is 0.125. The molecule has 0 saturated heterocycles. The van der Waals surface area contributed by atoms with Crippen LogP contribution in [0.15, 0.2) is 77.6 Å². The third kappa shape index (κ3) is 4.40. The summed E-state index contributed by atoms with van der Waals surface area (Å²) in [4.78, 5) is 34.1. The first-order valence-electron chi connectivity index (χ1n) is 9.68. The van der Waals surface area contributed by atoms with E-state index in [1.54, 1.807) is 67.8 Å². The molecule has 0 saturated carbocycles. The molecule has 31 heavy (non-hydrogen) atoms. The standard InChI is InChI=1S/C24H19N3O4/c1-15-9-11-17(12-10-15)21(28)19-7-3-4-8-20(19)24(29)30-16(2)23-26-22(27-31-23)18-6-5-13-25-14-18/h3-14,16H,1-2H3. The Morgan fingerprint density at radius 1 is 0.968 bits per heavy atom. The van der Waals surface area contributed by atoms with Gasteiger partial charge in [-0.05, 0) is 32.0 Å². The van der Waals surface area contributed by atoms with Crippen molar-refractivity contribution in [2.45, 2.75) is 20.0 Å². The molecule has 4 aromatic rings. The van der Waals surface area contributed by atoms with Gasteiger partial charge in [0.2, 0.25) is 5.82 Å². The normalized spacial score (nSPS) is 11.7. The van der Waals surface area contributed by atoms with Gasteiger partial charge in [0.05, 0.1) is 5.56 Å². The molecule has 1 atom stereocenters. The van der Waals surface area contributed by atoms with Crippen LogP contribution < -0.4 is 0 Å². The average Bonchev–Trinajstić information content (AvgIpc) is 3.30. The summed E-state index contributed by atoms with van der Waals surface area (Å²) < 4.78 is 10.8. The largest absolute Gasteiger partial charge is 0.449 e. The van der Waals surface area contributed by atoms with Crippen molar-refractivity contribution < 1.29 is 18.8 Å². The fourth-order valence-corrected chi connectivity index (χ4v) is 3.01. The number of pyridine rings is 1. The van der Waals surface area contributed by atoms with Gasteiger partial charge < -0.3 is 9.26 Å². The Labute approximate surface area is 178 Å². The van der Waals surface area contributed by atoms with Crippen LogP contribution in [0.1, 0.15) is 50.8 Å². The van der Waals surface area contributed by atoms with E-state index in [9.17, 15) is 9.59 Å². The first-order valence-corrected chi connectivity index (χ1v) is 9.68. The molecule has 0 spiro atoms. The number of rotatable bonds is 6. The van der Waals surface area contributed by atoms with Crippen LogP contribution in [0.3, 0.4) is 0 Å². The number of esters is 1. The second kappa shape index (κ2) is 8.71. The molecule has 0 aliphatic carbocycles. The third-order valence-corrected chi connectivity index (χ3v) is 4.70. The first-order chi connectivity index (χ1) is 15.0. The molecule has 0 fully saturated rings. The molecule has 2 aromatic heterocycles. The van der Waals surface area contributed by atoms with Gasteiger partial charge >= 0.3 is 5.97 Å². The molecule has 7 heteroatoms. The lowest BCUT2D eigenvalue weighted by Crippen LogP contribution is -2.14. The summed E-state index contributed by atoms with van der Waals surface area (Å²) in [5, 5.41) is 3.91. The van der Waals surface area contributed by atoms with Crippen molar-refractivity contribution in [3.8, 4) is 11.4 Å². The predicted octanol–water partition coefficient (Wildman–Crippen LogP) is 4.59. The van der Waals surface area contributed by atoms with Crippen LogP contribution in [0.25, 0.3) is 11.4 Å². The first kappa shape index (κ1) is 20.2. The molecule has 7 nitrogen and oxygen atoms in total. The molecule has 154 valence electrons. The van der Waals surface area contributed by atoms with Crippen LogP contribution in [-0.2, 0) is 4.74 Å². The van der Waals surface area contributed by atoms with Gasteiger partial charge in [0.1, 0.15) is 0 Å². The van der Waals surface area contributed by atoms with Gasteiger partial charge in [-0.15, -0.1) is 0 Å². The fourth-order valence-electron chi connectivity index (χ4n) is 3.01. The molecule has 2 aromatic carbocycles. The average molecular weight is 413 g/mol. The number of ether oxygens (including phenoxy) is 1. The van der Waals surface area contributed by atoms with Gasteiger partial charge in [-0.3, -0.25) is 9.78 Å². The van der Waals surface area contributed by atoms with Crippen molar-refractivity contribution in [3.05, 3.63) is 101 Å². The van der Waals surface area contributed by atoms with Crippen molar-refractivity contribution in [3.63, 3.8) is 0 Å². The van der Waals surface area contributed by atoms with Crippen molar-refractivity contribution >= 4 is 11.8 Å². The maximum Gasteiger partial charge on any atom is 0.339 e. The highest BCUT2D eigenvalue weighted by Crippen LogP contribution is 2.23. The number of nitrogens with zero attached hydrogens (tertiary/aromatic N) is 3. The van der Waals surface area contributed by atoms with Crippen molar-refractivity contribution in [2.24, 2.45) is 0 Å². The van der Waals surface area contributed by atoms with Crippen LogP contribution >= 0.6 is 0 Å². The quantitative estimate of drug-likeness (QED) is 0.337. The van der Waals surface area contributed by atoms with E-state index in [-0.39, 0.29) is 22.8 Å². The highest BCUT2D eigenvalue weighted by Gasteiger charge is 2.24. The van der Waals surface area contributed by atoms with E-state index in [2.05, 4.69) is 15.1 Å². The van der Waals surface area contributed by atoms with Crippen molar-refractivity contribution in [1.29, 1.82) is 0 Å². The van der Waals surface area contributed by atoms with E-state index in [0.29, 0.717) is 17.0 Å². The Bertz CT molecular complexity index is 1220. The molecule has 1 unspecified atom stereocenters. The molecule has 0 amide bonds. The van der Waals surface area contributed by atoms with E-state index in [4.69, 9.17) is 9.26 Å². The van der Waals surface area contributed by atoms with E-state index in [1.807, 2.05) is 19.1 Å². The second-order valence-corrected chi connectivity index (χ2v) is 6.99. The highest BCUT2D eigenvalue weighted by atomic mass is 16.6. The van der Waals surface area contributed by atoms with Crippen molar-refractivity contribution in [1.82, 2.24) is 15.1 Å². The second-order valence-electron chi connectivity index (χ2n) is 6.99. The van der Waals surface area contributed by atoms with E-state index in [0.717, 1.165) is 5.56 Å². The Morgan fingerprint density at radius 3 is 2.42 bits per heavy atom. The lowest BCUT2D eigenvalue weighted by Gasteiger charge is -2.12. The summed E-state index contributed by atoms with van der Waals surface area (Å²) in [7, 11) is 0. The summed E-state index contributed by atoms with van der Waals surface area (Å²) in [6.07, 6.45) is 2.45. The Hall–Kier alpha value is -4.13. The predicted molar refractivity (Wildman–Crippen MR) is 112 cm³/mol. The van der Waals surface area contributed by atoms with E-state index in [1.165, 1.54) is 0 Å². The minimum Gasteiger partial charge on any atom is -0.449 e. The topological polar surface area (TPSA) is 95.2 Å².